The number of hydrogen-bond acceptors (Lipinski definition) is 6. The third kappa shape index (κ3) is 6.84. The zero-order valence-electron chi connectivity index (χ0n) is 17.8. The standard InChI is InChI=1S/C21H28N2O6S/c1-15(14-28-19-12-10-18(27-4)11-13-19)22-21(24)16(2)29-20-8-6-17(7-9-20)23(3)30(5,25)26/h6-13,15-16H,14H2,1-5H3,(H,22,24)/t15-,16-/m1/s1. The maximum Gasteiger partial charge on any atom is 0.261 e. The van der Waals surface area contributed by atoms with Gasteiger partial charge in [0.2, 0.25) is 10.0 Å². The number of rotatable bonds is 10. The molecule has 0 unspecified atom stereocenters. The number of carbonyl (C=O) groups excluding carboxylic acids is 1. The highest BCUT2D eigenvalue weighted by atomic mass is 32.2. The molecular formula is C21H28N2O6S. The Morgan fingerprint density at radius 2 is 1.53 bits per heavy atom. The molecule has 0 aliphatic carbocycles. The van der Waals surface area contributed by atoms with Crippen molar-refractivity contribution in [3.05, 3.63) is 48.5 Å². The van der Waals surface area contributed by atoms with E-state index >= 15 is 0 Å². The molecular weight excluding hydrogens is 408 g/mol. The summed E-state index contributed by atoms with van der Waals surface area (Å²) in [5.41, 5.74) is 0.506. The summed E-state index contributed by atoms with van der Waals surface area (Å²) in [7, 11) is -0.272. The predicted molar refractivity (Wildman–Crippen MR) is 116 cm³/mol. The van der Waals surface area contributed by atoms with E-state index in [1.165, 1.54) is 7.05 Å². The van der Waals surface area contributed by atoms with Crippen LogP contribution in [0.15, 0.2) is 48.5 Å². The van der Waals surface area contributed by atoms with Crippen molar-refractivity contribution in [2.75, 3.05) is 31.3 Å². The first-order valence-corrected chi connectivity index (χ1v) is 11.2. The van der Waals surface area contributed by atoms with Gasteiger partial charge in [-0.2, -0.15) is 0 Å². The molecule has 0 fully saturated rings. The third-order valence-electron chi connectivity index (χ3n) is 4.33. The van der Waals surface area contributed by atoms with E-state index in [2.05, 4.69) is 5.32 Å². The third-order valence-corrected chi connectivity index (χ3v) is 5.53. The monoisotopic (exact) mass is 436 g/mol. The van der Waals surface area contributed by atoms with Crippen LogP contribution in [0.4, 0.5) is 5.69 Å². The number of nitrogens with zero attached hydrogens (tertiary/aromatic N) is 1. The number of benzene rings is 2. The van der Waals surface area contributed by atoms with Crippen molar-refractivity contribution in [1.82, 2.24) is 5.32 Å². The van der Waals surface area contributed by atoms with Gasteiger partial charge in [0.05, 0.1) is 25.1 Å². The lowest BCUT2D eigenvalue weighted by Crippen LogP contribution is -2.43. The van der Waals surface area contributed by atoms with Crippen LogP contribution < -0.4 is 23.8 Å². The molecule has 0 bridgehead atoms. The highest BCUT2D eigenvalue weighted by molar-refractivity contribution is 7.92. The summed E-state index contributed by atoms with van der Waals surface area (Å²) in [6.07, 6.45) is 0.399. The van der Waals surface area contributed by atoms with Crippen molar-refractivity contribution in [1.29, 1.82) is 0 Å². The SMILES string of the molecule is COc1ccc(OC[C@@H](C)NC(=O)[C@@H](C)Oc2ccc(N(C)S(C)(=O)=O)cc2)cc1. The molecule has 1 amide bonds. The lowest BCUT2D eigenvalue weighted by atomic mass is 10.2. The first-order valence-electron chi connectivity index (χ1n) is 9.38. The Balaban J connectivity index is 1.83. The zero-order valence-corrected chi connectivity index (χ0v) is 18.6. The van der Waals surface area contributed by atoms with E-state index in [0.29, 0.717) is 23.8 Å². The van der Waals surface area contributed by atoms with Gasteiger partial charge in [0.25, 0.3) is 5.91 Å². The minimum atomic E-state index is -3.34. The van der Waals surface area contributed by atoms with E-state index in [4.69, 9.17) is 14.2 Å². The van der Waals surface area contributed by atoms with Crippen LogP contribution in [-0.2, 0) is 14.8 Å². The second-order valence-corrected chi connectivity index (χ2v) is 8.89. The summed E-state index contributed by atoms with van der Waals surface area (Å²) in [4.78, 5) is 12.4. The van der Waals surface area contributed by atoms with Gasteiger partial charge in [-0.15, -0.1) is 0 Å². The van der Waals surface area contributed by atoms with Crippen LogP contribution in [0.5, 0.6) is 17.2 Å². The van der Waals surface area contributed by atoms with Crippen LogP contribution >= 0.6 is 0 Å². The minimum Gasteiger partial charge on any atom is -0.497 e. The van der Waals surface area contributed by atoms with E-state index < -0.39 is 16.1 Å². The zero-order chi connectivity index (χ0) is 22.3. The molecule has 2 aromatic rings. The molecule has 1 N–H and O–H groups in total. The number of amides is 1. The molecule has 0 aliphatic heterocycles. The van der Waals surface area contributed by atoms with Crippen molar-refractivity contribution in [2.24, 2.45) is 0 Å². The largest absolute Gasteiger partial charge is 0.497 e. The highest BCUT2D eigenvalue weighted by Gasteiger charge is 2.18. The van der Waals surface area contributed by atoms with Gasteiger partial charge in [-0.3, -0.25) is 9.10 Å². The first kappa shape index (κ1) is 23.3. The molecule has 164 valence electrons. The molecule has 2 aromatic carbocycles. The van der Waals surface area contributed by atoms with Gasteiger partial charge in [0.1, 0.15) is 23.9 Å². The second kappa shape index (κ2) is 10.2. The minimum absolute atomic E-state index is 0.226. The molecule has 30 heavy (non-hydrogen) atoms. The van der Waals surface area contributed by atoms with E-state index in [9.17, 15) is 13.2 Å². The van der Waals surface area contributed by atoms with E-state index in [1.54, 1.807) is 62.6 Å². The molecule has 0 radical (unpaired) electrons. The molecule has 2 rings (SSSR count). The maximum absolute atomic E-state index is 12.4. The molecule has 2 atom stereocenters. The molecule has 0 heterocycles. The molecule has 0 saturated heterocycles. The number of carbonyl (C=O) groups is 1. The summed E-state index contributed by atoms with van der Waals surface area (Å²) in [5.74, 6) is 1.61. The molecule has 9 heteroatoms. The van der Waals surface area contributed by atoms with Crippen molar-refractivity contribution < 1.29 is 27.4 Å². The Morgan fingerprint density at radius 3 is 2.07 bits per heavy atom. The van der Waals surface area contributed by atoms with Crippen LogP contribution in [0.1, 0.15) is 13.8 Å². The molecule has 0 aromatic heterocycles. The Labute approximate surface area is 177 Å². The number of nitrogens with one attached hydrogen (secondary N) is 1. The number of sulfonamides is 1. The number of anilines is 1. The van der Waals surface area contributed by atoms with Gasteiger partial charge >= 0.3 is 0 Å². The first-order chi connectivity index (χ1) is 14.1. The normalized spacial score (nSPS) is 13.1. The van der Waals surface area contributed by atoms with Gasteiger partial charge < -0.3 is 19.5 Å². The Kier molecular flexibility index (Phi) is 7.93. The molecule has 0 spiro atoms. The fraction of sp³-hybridized carbons (Fsp3) is 0.381. The summed E-state index contributed by atoms with van der Waals surface area (Å²) in [6, 6.07) is 13.4. The van der Waals surface area contributed by atoms with E-state index in [-0.39, 0.29) is 11.9 Å². The van der Waals surface area contributed by atoms with Gasteiger partial charge in [-0.05, 0) is 62.4 Å². The van der Waals surface area contributed by atoms with E-state index in [0.717, 1.165) is 16.3 Å². The summed E-state index contributed by atoms with van der Waals surface area (Å²) in [5, 5.41) is 2.84. The van der Waals surface area contributed by atoms with Crippen molar-refractivity contribution in [3.63, 3.8) is 0 Å². The number of methoxy groups -OCH3 is 1. The summed E-state index contributed by atoms with van der Waals surface area (Å²) in [6.45, 7) is 3.78. The molecule has 8 nitrogen and oxygen atoms in total. The smallest absolute Gasteiger partial charge is 0.261 e. The maximum atomic E-state index is 12.4. The van der Waals surface area contributed by atoms with Crippen LogP contribution in [0, 0.1) is 0 Å². The Morgan fingerprint density at radius 1 is 1.00 bits per heavy atom. The van der Waals surface area contributed by atoms with Crippen LogP contribution in [0.25, 0.3) is 0 Å². The second-order valence-electron chi connectivity index (χ2n) is 6.88. The number of hydrogen-bond donors (Lipinski definition) is 1. The van der Waals surface area contributed by atoms with Crippen molar-refractivity contribution >= 4 is 21.6 Å². The van der Waals surface area contributed by atoms with Crippen LogP contribution in [-0.4, -0.2) is 53.5 Å². The van der Waals surface area contributed by atoms with Crippen molar-refractivity contribution in [2.45, 2.75) is 26.0 Å². The topological polar surface area (TPSA) is 94.2 Å². The van der Waals surface area contributed by atoms with Crippen LogP contribution in [0.2, 0.25) is 0 Å². The molecule has 0 saturated carbocycles. The van der Waals surface area contributed by atoms with E-state index in [1.807, 2.05) is 6.92 Å². The van der Waals surface area contributed by atoms with Gasteiger partial charge in [-0.25, -0.2) is 8.42 Å². The lowest BCUT2D eigenvalue weighted by molar-refractivity contribution is -0.128. The van der Waals surface area contributed by atoms with Gasteiger partial charge in [0.15, 0.2) is 6.10 Å². The fourth-order valence-electron chi connectivity index (χ4n) is 2.48. The van der Waals surface area contributed by atoms with Crippen molar-refractivity contribution in [3.8, 4) is 17.2 Å². The average Bonchev–Trinajstić information content (AvgIpc) is 2.72. The predicted octanol–water partition coefficient (Wildman–Crippen LogP) is 2.44. The van der Waals surface area contributed by atoms with Gasteiger partial charge in [0, 0.05) is 7.05 Å². The average molecular weight is 437 g/mol. The molecule has 0 aliphatic rings. The summed E-state index contributed by atoms with van der Waals surface area (Å²) < 4.78 is 40.7. The number of ether oxygens (including phenoxy) is 3. The van der Waals surface area contributed by atoms with Crippen LogP contribution in [0.3, 0.4) is 0 Å². The highest BCUT2D eigenvalue weighted by Crippen LogP contribution is 2.21. The quantitative estimate of drug-likeness (QED) is 0.615. The Hall–Kier alpha value is -2.94. The lowest BCUT2D eigenvalue weighted by Gasteiger charge is -2.20. The van der Waals surface area contributed by atoms with Gasteiger partial charge in [-0.1, -0.05) is 0 Å². The summed E-state index contributed by atoms with van der Waals surface area (Å²) >= 11 is 0. The fourth-order valence-corrected chi connectivity index (χ4v) is 2.98. The Bertz CT molecular complexity index is 929.